The van der Waals surface area contributed by atoms with Crippen LogP contribution in [0.25, 0.3) is 5.69 Å². The second kappa shape index (κ2) is 6.59. The predicted molar refractivity (Wildman–Crippen MR) is 93.3 cm³/mol. The fourth-order valence-corrected chi connectivity index (χ4v) is 3.82. The highest BCUT2D eigenvalue weighted by molar-refractivity contribution is 5.74. The Hall–Kier alpha value is -2.64. The number of ether oxygens (including phenoxy) is 2. The molecule has 1 saturated carbocycles. The van der Waals surface area contributed by atoms with Crippen LogP contribution in [0.5, 0.6) is 11.5 Å². The summed E-state index contributed by atoms with van der Waals surface area (Å²) in [7, 11) is 0. The molecule has 1 aromatic carbocycles. The molecule has 0 radical (unpaired) electrons. The lowest BCUT2D eigenvalue weighted by Gasteiger charge is -2.38. The third-order valence-electron chi connectivity index (χ3n) is 5.21. The van der Waals surface area contributed by atoms with Crippen molar-refractivity contribution in [2.45, 2.75) is 45.1 Å². The zero-order valence-electron chi connectivity index (χ0n) is 15.1. The lowest BCUT2D eigenvalue weighted by Crippen LogP contribution is -2.49. The Kier molecular flexibility index (Phi) is 4.26. The largest absolute Gasteiger partial charge is 0.486 e. The molecule has 8 heteroatoms. The molecule has 0 unspecified atom stereocenters. The molecule has 138 valence electrons. The zero-order valence-corrected chi connectivity index (χ0v) is 15.1. The number of rotatable bonds is 3. The molecule has 1 aliphatic carbocycles. The highest BCUT2D eigenvalue weighted by atomic mass is 16.6. The molecule has 2 aromatic rings. The first-order valence-corrected chi connectivity index (χ1v) is 9.05. The third kappa shape index (κ3) is 3.00. The second-order valence-electron chi connectivity index (χ2n) is 7.19. The van der Waals surface area contributed by atoms with Crippen LogP contribution in [0.1, 0.15) is 45.4 Å². The van der Waals surface area contributed by atoms with E-state index in [9.17, 15) is 4.79 Å². The highest BCUT2D eigenvalue weighted by Gasteiger charge is 2.41. The fourth-order valence-electron chi connectivity index (χ4n) is 3.82. The fraction of sp³-hybridized carbons (Fsp3) is 0.556. The van der Waals surface area contributed by atoms with E-state index in [1.54, 1.807) is 4.68 Å². The average molecular weight is 357 g/mol. The number of hydrogen-bond acceptors (Lipinski definition) is 6. The molecule has 0 atom stereocenters. The van der Waals surface area contributed by atoms with Crippen LogP contribution in [0, 0.1) is 5.92 Å². The van der Waals surface area contributed by atoms with Crippen molar-refractivity contribution in [2.24, 2.45) is 5.92 Å². The van der Waals surface area contributed by atoms with Gasteiger partial charge in [-0.2, -0.15) is 4.68 Å². The SMILES string of the molecule is CC(=O)NC1(c2nnnn2-c2ccc3c(c2)OCCO3)CCC(C)CC1. The van der Waals surface area contributed by atoms with Gasteiger partial charge in [0.05, 0.1) is 5.69 Å². The van der Waals surface area contributed by atoms with Crippen LogP contribution in [0.3, 0.4) is 0 Å². The van der Waals surface area contributed by atoms with Crippen LogP contribution in [0.4, 0.5) is 0 Å². The number of hydrogen-bond donors (Lipinski definition) is 1. The molecular weight excluding hydrogens is 334 g/mol. The van der Waals surface area contributed by atoms with Gasteiger partial charge < -0.3 is 14.8 Å². The first-order valence-electron chi connectivity index (χ1n) is 9.05. The second-order valence-corrected chi connectivity index (χ2v) is 7.19. The van der Waals surface area contributed by atoms with E-state index in [0.29, 0.717) is 30.7 Å². The monoisotopic (exact) mass is 357 g/mol. The first-order chi connectivity index (χ1) is 12.6. The van der Waals surface area contributed by atoms with Gasteiger partial charge in [0, 0.05) is 13.0 Å². The lowest BCUT2D eigenvalue weighted by atomic mass is 9.76. The molecule has 4 rings (SSSR count). The number of carbonyl (C=O) groups excluding carboxylic acids is 1. The maximum atomic E-state index is 11.9. The molecule has 1 N–H and O–H groups in total. The minimum Gasteiger partial charge on any atom is -0.486 e. The quantitative estimate of drug-likeness (QED) is 0.903. The van der Waals surface area contributed by atoms with Crippen molar-refractivity contribution in [3.05, 3.63) is 24.0 Å². The van der Waals surface area contributed by atoms with Gasteiger partial charge in [0.25, 0.3) is 0 Å². The number of benzene rings is 1. The van der Waals surface area contributed by atoms with E-state index in [1.165, 1.54) is 6.92 Å². The summed E-state index contributed by atoms with van der Waals surface area (Å²) in [5.41, 5.74) is 0.243. The Morgan fingerprint density at radius 2 is 1.96 bits per heavy atom. The van der Waals surface area contributed by atoms with Crippen molar-refractivity contribution in [2.75, 3.05) is 13.2 Å². The van der Waals surface area contributed by atoms with Gasteiger partial charge in [-0.05, 0) is 54.2 Å². The molecule has 1 fully saturated rings. The van der Waals surface area contributed by atoms with Crippen molar-refractivity contribution in [1.82, 2.24) is 25.5 Å². The summed E-state index contributed by atoms with van der Waals surface area (Å²) in [6.07, 6.45) is 3.68. The normalized spacial score (nSPS) is 24.9. The van der Waals surface area contributed by atoms with E-state index in [0.717, 1.165) is 37.1 Å². The molecule has 1 amide bonds. The smallest absolute Gasteiger partial charge is 0.217 e. The Labute approximate surface area is 151 Å². The molecule has 2 heterocycles. The standard InChI is InChI=1S/C18H23N5O3/c1-12-5-7-18(8-6-12,19-13(2)24)17-20-21-22-23(17)14-3-4-15-16(11-14)26-10-9-25-15/h3-4,11-12H,5-10H2,1-2H3,(H,19,24). The van der Waals surface area contributed by atoms with Gasteiger partial charge in [0.1, 0.15) is 18.8 Å². The number of tetrazole rings is 1. The minimum absolute atomic E-state index is 0.0729. The van der Waals surface area contributed by atoms with Gasteiger partial charge >= 0.3 is 0 Å². The summed E-state index contributed by atoms with van der Waals surface area (Å²) in [6, 6.07) is 5.64. The minimum atomic E-state index is -0.547. The van der Waals surface area contributed by atoms with Gasteiger partial charge in [-0.1, -0.05) is 6.92 Å². The molecule has 0 saturated heterocycles. The number of aromatic nitrogens is 4. The Morgan fingerprint density at radius 1 is 1.23 bits per heavy atom. The highest BCUT2D eigenvalue weighted by Crippen LogP contribution is 2.40. The Morgan fingerprint density at radius 3 is 2.69 bits per heavy atom. The molecular formula is C18H23N5O3. The van der Waals surface area contributed by atoms with Crippen molar-refractivity contribution in [3.63, 3.8) is 0 Å². The van der Waals surface area contributed by atoms with Crippen molar-refractivity contribution < 1.29 is 14.3 Å². The lowest BCUT2D eigenvalue weighted by molar-refractivity contribution is -0.121. The van der Waals surface area contributed by atoms with Crippen LogP contribution < -0.4 is 14.8 Å². The molecule has 1 aliphatic heterocycles. The average Bonchev–Trinajstić information content (AvgIpc) is 3.13. The first kappa shape index (κ1) is 16.8. The summed E-state index contributed by atoms with van der Waals surface area (Å²) in [6.45, 7) is 4.85. The molecule has 1 aromatic heterocycles. The van der Waals surface area contributed by atoms with Gasteiger partial charge in [-0.3, -0.25) is 4.79 Å². The van der Waals surface area contributed by atoms with Crippen LogP contribution in [-0.4, -0.2) is 39.3 Å². The number of nitrogens with zero attached hydrogens (tertiary/aromatic N) is 4. The molecule has 8 nitrogen and oxygen atoms in total. The number of carbonyl (C=O) groups is 1. The number of fused-ring (bicyclic) bond motifs is 1. The molecule has 0 spiro atoms. The molecule has 2 aliphatic rings. The topological polar surface area (TPSA) is 91.2 Å². The summed E-state index contributed by atoms with van der Waals surface area (Å²) in [5.74, 6) is 2.63. The van der Waals surface area contributed by atoms with Crippen molar-refractivity contribution in [1.29, 1.82) is 0 Å². The maximum Gasteiger partial charge on any atom is 0.217 e. The summed E-state index contributed by atoms with van der Waals surface area (Å²) in [5, 5.41) is 15.5. The summed E-state index contributed by atoms with van der Waals surface area (Å²) in [4.78, 5) is 11.9. The van der Waals surface area contributed by atoms with E-state index in [4.69, 9.17) is 9.47 Å². The Balaban J connectivity index is 1.74. The van der Waals surface area contributed by atoms with Crippen LogP contribution in [0.15, 0.2) is 18.2 Å². The molecule has 26 heavy (non-hydrogen) atoms. The van der Waals surface area contributed by atoms with Gasteiger partial charge in [-0.25, -0.2) is 0 Å². The maximum absolute atomic E-state index is 11.9. The Bertz CT molecular complexity index is 811. The van der Waals surface area contributed by atoms with E-state index in [1.807, 2.05) is 18.2 Å². The van der Waals surface area contributed by atoms with Crippen molar-refractivity contribution in [3.8, 4) is 17.2 Å². The van der Waals surface area contributed by atoms with Gasteiger partial charge in [-0.15, -0.1) is 5.10 Å². The predicted octanol–water partition coefficient (Wildman–Crippen LogP) is 1.97. The van der Waals surface area contributed by atoms with Crippen molar-refractivity contribution >= 4 is 5.91 Å². The van der Waals surface area contributed by atoms with Crippen LogP contribution >= 0.6 is 0 Å². The van der Waals surface area contributed by atoms with E-state index < -0.39 is 5.54 Å². The van der Waals surface area contributed by atoms with Crippen LogP contribution in [0.2, 0.25) is 0 Å². The van der Waals surface area contributed by atoms with E-state index in [-0.39, 0.29) is 5.91 Å². The summed E-state index contributed by atoms with van der Waals surface area (Å²) >= 11 is 0. The van der Waals surface area contributed by atoms with E-state index >= 15 is 0 Å². The molecule has 0 bridgehead atoms. The zero-order chi connectivity index (χ0) is 18.1. The number of amides is 1. The van der Waals surface area contributed by atoms with E-state index in [2.05, 4.69) is 27.8 Å². The van der Waals surface area contributed by atoms with Gasteiger partial charge in [0.2, 0.25) is 5.91 Å². The summed E-state index contributed by atoms with van der Waals surface area (Å²) < 4.78 is 13.0. The van der Waals surface area contributed by atoms with Crippen LogP contribution in [-0.2, 0) is 10.3 Å². The third-order valence-corrected chi connectivity index (χ3v) is 5.21. The number of nitrogens with one attached hydrogen (secondary N) is 1. The van der Waals surface area contributed by atoms with Gasteiger partial charge in [0.15, 0.2) is 17.3 Å².